The maximum absolute atomic E-state index is 13.3. The van der Waals surface area contributed by atoms with Crippen LogP contribution in [0.15, 0.2) is 36.4 Å². The highest BCUT2D eigenvalue weighted by atomic mass is 35.5. The molecule has 1 heterocycles. The zero-order valence-electron chi connectivity index (χ0n) is 10.8. The highest BCUT2D eigenvalue weighted by Gasteiger charge is 2.13. The van der Waals surface area contributed by atoms with Crippen LogP contribution in [-0.4, -0.2) is 14.7 Å². The average molecular weight is 291 g/mol. The van der Waals surface area contributed by atoms with Gasteiger partial charge in [0.25, 0.3) is 0 Å². The van der Waals surface area contributed by atoms with Crippen LogP contribution in [0.2, 0.25) is 5.02 Å². The molecule has 5 heteroatoms. The molecule has 0 bridgehead atoms. The number of hydrogen-bond donors (Lipinski definition) is 1. The van der Waals surface area contributed by atoms with Crippen LogP contribution in [0.1, 0.15) is 6.92 Å². The van der Waals surface area contributed by atoms with Crippen LogP contribution < -0.4 is 0 Å². The number of fused-ring (bicyclic) bond motifs is 1. The Morgan fingerprint density at radius 2 is 2.05 bits per heavy atom. The summed E-state index contributed by atoms with van der Waals surface area (Å²) < 4.78 is 15.3. The molecule has 3 nitrogen and oxygen atoms in total. The molecule has 0 aliphatic heterocycles. The van der Waals surface area contributed by atoms with Gasteiger partial charge in [-0.15, -0.1) is 0 Å². The Labute approximate surface area is 120 Å². The standard InChI is InChI=1S/C15H12ClFN2O/c1-2-19-13-5-4-10(17)8-12(13)18-15(19)9-3-6-14(20)11(16)7-9/h3-8,20H,2H2,1H3. The summed E-state index contributed by atoms with van der Waals surface area (Å²) >= 11 is 5.94. The molecule has 0 radical (unpaired) electrons. The van der Waals surface area contributed by atoms with E-state index in [9.17, 15) is 9.50 Å². The number of halogens is 2. The summed E-state index contributed by atoms with van der Waals surface area (Å²) in [4.78, 5) is 4.47. The Kier molecular flexibility index (Phi) is 3.10. The molecule has 0 amide bonds. The summed E-state index contributed by atoms with van der Waals surface area (Å²) in [5, 5.41) is 9.75. The number of benzene rings is 2. The Morgan fingerprint density at radius 3 is 2.75 bits per heavy atom. The summed E-state index contributed by atoms with van der Waals surface area (Å²) in [6.45, 7) is 2.70. The van der Waals surface area contributed by atoms with E-state index in [2.05, 4.69) is 4.98 Å². The van der Waals surface area contributed by atoms with Crippen LogP contribution in [0.5, 0.6) is 5.75 Å². The van der Waals surface area contributed by atoms with E-state index in [0.717, 1.165) is 11.1 Å². The van der Waals surface area contributed by atoms with Gasteiger partial charge in [-0.1, -0.05) is 11.6 Å². The van der Waals surface area contributed by atoms with Crippen molar-refractivity contribution in [2.24, 2.45) is 0 Å². The van der Waals surface area contributed by atoms with Gasteiger partial charge in [0.15, 0.2) is 0 Å². The first kappa shape index (κ1) is 12.9. The topological polar surface area (TPSA) is 38.0 Å². The van der Waals surface area contributed by atoms with Crippen LogP contribution in [0.3, 0.4) is 0 Å². The van der Waals surface area contributed by atoms with Gasteiger partial charge in [0, 0.05) is 18.2 Å². The number of aryl methyl sites for hydroxylation is 1. The fraction of sp³-hybridized carbons (Fsp3) is 0.133. The van der Waals surface area contributed by atoms with Gasteiger partial charge in [-0.2, -0.15) is 0 Å². The average Bonchev–Trinajstić information content (AvgIpc) is 2.79. The zero-order valence-corrected chi connectivity index (χ0v) is 11.5. The minimum absolute atomic E-state index is 0.0284. The third kappa shape index (κ3) is 2.02. The molecular weight excluding hydrogens is 279 g/mol. The molecule has 1 N–H and O–H groups in total. The van der Waals surface area contributed by atoms with Gasteiger partial charge < -0.3 is 9.67 Å². The lowest BCUT2D eigenvalue weighted by molar-refractivity contribution is 0.475. The number of imidazole rings is 1. The highest BCUT2D eigenvalue weighted by molar-refractivity contribution is 6.32. The first-order chi connectivity index (χ1) is 9.60. The molecule has 3 rings (SSSR count). The Bertz CT molecular complexity index is 798. The summed E-state index contributed by atoms with van der Waals surface area (Å²) in [5.41, 5.74) is 2.26. The predicted molar refractivity (Wildman–Crippen MR) is 77.5 cm³/mol. The number of aromatic hydroxyl groups is 1. The largest absolute Gasteiger partial charge is 0.506 e. The van der Waals surface area contributed by atoms with E-state index in [1.54, 1.807) is 18.2 Å². The van der Waals surface area contributed by atoms with Crippen molar-refractivity contribution in [3.05, 3.63) is 47.2 Å². The monoisotopic (exact) mass is 290 g/mol. The summed E-state index contributed by atoms with van der Waals surface area (Å²) in [5.74, 6) is 0.421. The van der Waals surface area contributed by atoms with Crippen LogP contribution in [0.4, 0.5) is 4.39 Å². The van der Waals surface area contributed by atoms with Gasteiger partial charge in [0.2, 0.25) is 0 Å². The summed E-state index contributed by atoms with van der Waals surface area (Å²) in [6, 6.07) is 9.46. The van der Waals surface area contributed by atoms with E-state index in [1.165, 1.54) is 18.2 Å². The summed E-state index contributed by atoms with van der Waals surface area (Å²) in [7, 11) is 0. The molecule has 0 spiro atoms. The normalized spacial score (nSPS) is 11.2. The maximum Gasteiger partial charge on any atom is 0.141 e. The quantitative estimate of drug-likeness (QED) is 0.767. The lowest BCUT2D eigenvalue weighted by Crippen LogP contribution is -1.97. The Balaban J connectivity index is 2.26. The van der Waals surface area contributed by atoms with Crippen LogP contribution in [0.25, 0.3) is 22.4 Å². The van der Waals surface area contributed by atoms with Crippen molar-refractivity contribution < 1.29 is 9.50 Å². The minimum Gasteiger partial charge on any atom is -0.506 e. The number of phenolic OH excluding ortho intramolecular Hbond substituents is 1. The first-order valence-corrected chi connectivity index (χ1v) is 6.62. The molecule has 102 valence electrons. The van der Waals surface area contributed by atoms with Crippen LogP contribution in [-0.2, 0) is 6.54 Å². The predicted octanol–water partition coefficient (Wildman–Crippen LogP) is 4.22. The summed E-state index contributed by atoms with van der Waals surface area (Å²) in [6.07, 6.45) is 0. The number of nitrogens with zero attached hydrogens (tertiary/aromatic N) is 2. The molecule has 0 saturated carbocycles. The van der Waals surface area contributed by atoms with Gasteiger partial charge in [0.05, 0.1) is 16.1 Å². The molecule has 20 heavy (non-hydrogen) atoms. The second kappa shape index (κ2) is 4.80. The lowest BCUT2D eigenvalue weighted by Gasteiger charge is -2.07. The van der Waals surface area contributed by atoms with Gasteiger partial charge in [-0.3, -0.25) is 0 Å². The van der Waals surface area contributed by atoms with Crippen molar-refractivity contribution >= 4 is 22.6 Å². The third-order valence-electron chi connectivity index (χ3n) is 3.23. The van der Waals surface area contributed by atoms with E-state index >= 15 is 0 Å². The molecule has 0 saturated heterocycles. The van der Waals surface area contributed by atoms with E-state index in [-0.39, 0.29) is 16.6 Å². The smallest absolute Gasteiger partial charge is 0.141 e. The second-order valence-electron chi connectivity index (χ2n) is 4.48. The number of rotatable bonds is 2. The molecule has 0 fully saturated rings. The van der Waals surface area contributed by atoms with E-state index in [4.69, 9.17) is 11.6 Å². The molecule has 1 aromatic heterocycles. The zero-order chi connectivity index (χ0) is 14.3. The Hall–Kier alpha value is -2.07. The van der Waals surface area contributed by atoms with Crippen molar-refractivity contribution in [2.45, 2.75) is 13.5 Å². The van der Waals surface area contributed by atoms with Crippen LogP contribution >= 0.6 is 11.6 Å². The van der Waals surface area contributed by atoms with Crippen LogP contribution in [0, 0.1) is 5.82 Å². The highest BCUT2D eigenvalue weighted by Crippen LogP contribution is 2.31. The molecule has 2 aromatic carbocycles. The molecule has 3 aromatic rings. The SMILES string of the molecule is CCn1c(-c2ccc(O)c(Cl)c2)nc2cc(F)ccc21. The number of aromatic nitrogens is 2. The van der Waals surface area contributed by atoms with Crippen molar-refractivity contribution in [3.8, 4) is 17.1 Å². The minimum atomic E-state index is -0.312. The van der Waals surface area contributed by atoms with Crippen molar-refractivity contribution in [2.75, 3.05) is 0 Å². The maximum atomic E-state index is 13.3. The van der Waals surface area contributed by atoms with Gasteiger partial charge in [0.1, 0.15) is 17.4 Å². The fourth-order valence-corrected chi connectivity index (χ4v) is 2.47. The fourth-order valence-electron chi connectivity index (χ4n) is 2.29. The second-order valence-corrected chi connectivity index (χ2v) is 4.89. The van der Waals surface area contributed by atoms with Gasteiger partial charge in [-0.25, -0.2) is 9.37 Å². The molecule has 0 unspecified atom stereocenters. The van der Waals surface area contributed by atoms with Crippen molar-refractivity contribution in [3.63, 3.8) is 0 Å². The molecule has 0 atom stereocenters. The van der Waals surface area contributed by atoms with Gasteiger partial charge >= 0.3 is 0 Å². The van der Waals surface area contributed by atoms with E-state index < -0.39 is 0 Å². The first-order valence-electron chi connectivity index (χ1n) is 6.25. The van der Waals surface area contributed by atoms with E-state index in [1.807, 2.05) is 11.5 Å². The van der Waals surface area contributed by atoms with E-state index in [0.29, 0.717) is 17.9 Å². The third-order valence-corrected chi connectivity index (χ3v) is 3.54. The number of hydrogen-bond acceptors (Lipinski definition) is 2. The molecular formula is C15H12ClFN2O. The van der Waals surface area contributed by atoms with Crippen molar-refractivity contribution in [1.29, 1.82) is 0 Å². The van der Waals surface area contributed by atoms with Crippen molar-refractivity contribution in [1.82, 2.24) is 9.55 Å². The molecule has 0 aliphatic carbocycles. The molecule has 0 aliphatic rings. The lowest BCUT2D eigenvalue weighted by atomic mass is 10.2. The van der Waals surface area contributed by atoms with Gasteiger partial charge in [-0.05, 0) is 37.3 Å². The Morgan fingerprint density at radius 1 is 1.25 bits per heavy atom. The number of phenols is 1.